The third-order valence-electron chi connectivity index (χ3n) is 2.52. The number of nitrogens with zero attached hydrogens (tertiary/aromatic N) is 2. The van der Waals surface area contributed by atoms with Crippen LogP contribution < -0.4 is 5.32 Å². The monoisotopic (exact) mass is 283 g/mol. The van der Waals surface area contributed by atoms with Crippen molar-refractivity contribution < 1.29 is 13.6 Å². The summed E-state index contributed by atoms with van der Waals surface area (Å²) in [5.74, 6) is -0.0959. The second-order valence-electron chi connectivity index (χ2n) is 3.92. The molecule has 1 amide bonds. The maximum atomic E-state index is 13.0. The van der Waals surface area contributed by atoms with Crippen molar-refractivity contribution in [3.63, 3.8) is 0 Å². The first-order valence-corrected chi connectivity index (χ1v) is 5.87. The summed E-state index contributed by atoms with van der Waals surface area (Å²) in [4.78, 5) is 19.5. The number of rotatable bonds is 3. The van der Waals surface area contributed by atoms with Crippen molar-refractivity contribution >= 4 is 17.5 Å². The van der Waals surface area contributed by atoms with Crippen LogP contribution in [0.2, 0.25) is 5.15 Å². The van der Waals surface area contributed by atoms with Crippen LogP contribution in [-0.2, 0) is 6.54 Å². The fourth-order valence-corrected chi connectivity index (χ4v) is 1.64. The Morgan fingerprint density at radius 1 is 1.53 bits per heavy atom. The normalized spacial score (nSPS) is 10.5. The van der Waals surface area contributed by atoms with Gasteiger partial charge in [0.2, 0.25) is 5.89 Å². The van der Waals surface area contributed by atoms with E-state index >= 15 is 0 Å². The van der Waals surface area contributed by atoms with Gasteiger partial charge < -0.3 is 9.73 Å². The van der Waals surface area contributed by atoms with Gasteiger partial charge in [0.25, 0.3) is 5.91 Å². The number of pyridine rings is 1. The average molecular weight is 284 g/mol. The average Bonchev–Trinajstić information content (AvgIpc) is 2.69. The number of aryl methyl sites for hydroxylation is 2. The number of hydrogen-bond acceptors (Lipinski definition) is 4. The van der Waals surface area contributed by atoms with E-state index in [9.17, 15) is 9.18 Å². The third-order valence-corrected chi connectivity index (χ3v) is 2.82. The molecule has 0 saturated carbocycles. The highest BCUT2D eigenvalue weighted by Gasteiger charge is 2.14. The first-order chi connectivity index (χ1) is 8.97. The van der Waals surface area contributed by atoms with Gasteiger partial charge in [0, 0.05) is 0 Å². The van der Waals surface area contributed by atoms with Crippen molar-refractivity contribution in [3.8, 4) is 0 Å². The van der Waals surface area contributed by atoms with Gasteiger partial charge in [0.1, 0.15) is 16.7 Å². The second-order valence-corrected chi connectivity index (χ2v) is 4.28. The largest absolute Gasteiger partial charge is 0.444 e. The van der Waals surface area contributed by atoms with Gasteiger partial charge in [0.15, 0.2) is 0 Å². The Bertz CT molecular complexity index is 608. The highest BCUT2D eigenvalue weighted by molar-refractivity contribution is 6.32. The summed E-state index contributed by atoms with van der Waals surface area (Å²) >= 11 is 5.72. The lowest BCUT2D eigenvalue weighted by Gasteiger charge is -2.04. The Morgan fingerprint density at radius 2 is 2.26 bits per heavy atom. The molecule has 0 bridgehead atoms. The first kappa shape index (κ1) is 13.5. The van der Waals surface area contributed by atoms with E-state index in [0.717, 1.165) is 18.0 Å². The SMILES string of the molecule is Cc1nc(CNC(=O)c2cc(F)cnc2Cl)oc1C. The minimum Gasteiger partial charge on any atom is -0.444 e. The summed E-state index contributed by atoms with van der Waals surface area (Å²) in [7, 11) is 0. The zero-order valence-corrected chi connectivity index (χ0v) is 11.1. The summed E-state index contributed by atoms with van der Waals surface area (Å²) in [6, 6.07) is 1.02. The molecule has 2 rings (SSSR count). The van der Waals surface area contributed by atoms with E-state index in [0.29, 0.717) is 11.7 Å². The topological polar surface area (TPSA) is 68.0 Å². The van der Waals surface area contributed by atoms with Crippen LogP contribution in [0.1, 0.15) is 27.7 Å². The zero-order valence-electron chi connectivity index (χ0n) is 10.3. The molecule has 5 nitrogen and oxygen atoms in total. The smallest absolute Gasteiger partial charge is 0.254 e. The molecule has 0 radical (unpaired) electrons. The number of hydrogen-bond donors (Lipinski definition) is 1. The van der Waals surface area contributed by atoms with Gasteiger partial charge in [-0.15, -0.1) is 0 Å². The Morgan fingerprint density at radius 3 is 2.89 bits per heavy atom. The van der Waals surface area contributed by atoms with Crippen LogP contribution in [-0.4, -0.2) is 15.9 Å². The number of amides is 1. The Balaban J connectivity index is 2.07. The molecular formula is C12H11ClFN3O2. The lowest BCUT2D eigenvalue weighted by molar-refractivity contribution is 0.0946. The molecule has 0 fully saturated rings. The maximum Gasteiger partial charge on any atom is 0.254 e. The number of halogens is 2. The van der Waals surface area contributed by atoms with Crippen LogP contribution in [0.25, 0.3) is 0 Å². The highest BCUT2D eigenvalue weighted by atomic mass is 35.5. The zero-order chi connectivity index (χ0) is 14.0. The van der Waals surface area contributed by atoms with Gasteiger partial charge in [-0.2, -0.15) is 0 Å². The lowest BCUT2D eigenvalue weighted by Crippen LogP contribution is -2.23. The van der Waals surface area contributed by atoms with E-state index in [1.807, 2.05) is 0 Å². The van der Waals surface area contributed by atoms with Crippen LogP contribution in [0.4, 0.5) is 4.39 Å². The summed E-state index contributed by atoms with van der Waals surface area (Å²) in [6.45, 7) is 3.68. The van der Waals surface area contributed by atoms with Crippen LogP contribution in [0.5, 0.6) is 0 Å². The predicted octanol–water partition coefficient (Wildman–Crippen LogP) is 2.41. The molecule has 0 aromatic carbocycles. The van der Waals surface area contributed by atoms with E-state index in [1.165, 1.54) is 0 Å². The fraction of sp³-hybridized carbons (Fsp3) is 0.250. The molecule has 0 aliphatic rings. The second kappa shape index (κ2) is 5.36. The van der Waals surface area contributed by atoms with Crippen molar-refractivity contribution in [1.82, 2.24) is 15.3 Å². The highest BCUT2D eigenvalue weighted by Crippen LogP contribution is 2.14. The van der Waals surface area contributed by atoms with E-state index < -0.39 is 11.7 Å². The van der Waals surface area contributed by atoms with E-state index in [4.69, 9.17) is 16.0 Å². The van der Waals surface area contributed by atoms with E-state index in [-0.39, 0.29) is 17.3 Å². The molecule has 2 aromatic rings. The third kappa shape index (κ3) is 3.08. The molecule has 0 unspecified atom stereocenters. The van der Waals surface area contributed by atoms with Crippen LogP contribution in [0.3, 0.4) is 0 Å². The first-order valence-electron chi connectivity index (χ1n) is 5.49. The van der Waals surface area contributed by atoms with Gasteiger partial charge in [-0.3, -0.25) is 4.79 Å². The van der Waals surface area contributed by atoms with Gasteiger partial charge in [-0.1, -0.05) is 11.6 Å². The molecule has 2 aromatic heterocycles. The standard InChI is InChI=1S/C12H11ClFN3O2/c1-6-7(2)19-10(17-6)5-16-12(18)9-3-8(14)4-15-11(9)13/h3-4H,5H2,1-2H3,(H,16,18). The quantitative estimate of drug-likeness (QED) is 0.878. The van der Waals surface area contributed by atoms with Crippen LogP contribution in [0, 0.1) is 19.7 Å². The maximum absolute atomic E-state index is 13.0. The van der Waals surface area contributed by atoms with Crippen LogP contribution >= 0.6 is 11.6 Å². The minimum absolute atomic E-state index is 0.0262. The van der Waals surface area contributed by atoms with Gasteiger partial charge in [-0.05, 0) is 19.9 Å². The van der Waals surface area contributed by atoms with Gasteiger partial charge in [-0.25, -0.2) is 14.4 Å². The van der Waals surface area contributed by atoms with Crippen LogP contribution in [0.15, 0.2) is 16.7 Å². The van der Waals surface area contributed by atoms with Crippen molar-refractivity contribution in [2.75, 3.05) is 0 Å². The molecule has 0 atom stereocenters. The number of carbonyl (C=O) groups is 1. The summed E-state index contributed by atoms with van der Waals surface area (Å²) < 4.78 is 18.3. The molecule has 0 aliphatic carbocycles. The number of nitrogens with one attached hydrogen (secondary N) is 1. The summed E-state index contributed by atoms with van der Waals surface area (Å²) in [5, 5.41) is 2.48. The molecule has 19 heavy (non-hydrogen) atoms. The molecule has 2 heterocycles. The molecule has 0 saturated heterocycles. The molecule has 1 N–H and O–H groups in total. The number of carbonyl (C=O) groups excluding carboxylic acids is 1. The van der Waals surface area contributed by atoms with E-state index in [2.05, 4.69) is 15.3 Å². The Hall–Kier alpha value is -1.95. The lowest BCUT2D eigenvalue weighted by atomic mass is 10.2. The molecule has 0 spiro atoms. The van der Waals surface area contributed by atoms with Gasteiger partial charge in [0.05, 0.1) is 24.0 Å². The van der Waals surface area contributed by atoms with Crippen molar-refractivity contribution in [2.24, 2.45) is 0 Å². The molecule has 0 aliphatic heterocycles. The molecule has 7 heteroatoms. The van der Waals surface area contributed by atoms with Gasteiger partial charge >= 0.3 is 0 Å². The van der Waals surface area contributed by atoms with Crippen molar-refractivity contribution in [3.05, 3.63) is 46.1 Å². The predicted molar refractivity (Wildman–Crippen MR) is 66.4 cm³/mol. The Kier molecular flexibility index (Phi) is 3.80. The summed E-state index contributed by atoms with van der Waals surface area (Å²) in [5.41, 5.74) is 0.733. The van der Waals surface area contributed by atoms with Crippen molar-refractivity contribution in [1.29, 1.82) is 0 Å². The summed E-state index contributed by atoms with van der Waals surface area (Å²) in [6.07, 6.45) is 0.944. The fourth-order valence-electron chi connectivity index (χ4n) is 1.45. The van der Waals surface area contributed by atoms with Crippen molar-refractivity contribution in [2.45, 2.75) is 20.4 Å². The molecule has 100 valence electrons. The number of oxazole rings is 1. The molecular weight excluding hydrogens is 273 g/mol. The minimum atomic E-state index is -0.627. The Labute approximate surface area is 113 Å². The number of aromatic nitrogens is 2. The van der Waals surface area contributed by atoms with E-state index in [1.54, 1.807) is 13.8 Å².